The summed E-state index contributed by atoms with van der Waals surface area (Å²) >= 11 is 0. The van der Waals surface area contributed by atoms with Gasteiger partial charge >= 0.3 is 0 Å². The number of fused-ring (bicyclic) bond motifs is 2. The van der Waals surface area contributed by atoms with Crippen molar-refractivity contribution in [3.63, 3.8) is 0 Å². The Labute approximate surface area is 181 Å². The van der Waals surface area contributed by atoms with E-state index in [1.807, 2.05) is 0 Å². The predicted octanol–water partition coefficient (Wildman–Crippen LogP) is 5.37. The van der Waals surface area contributed by atoms with E-state index in [0.717, 1.165) is 56.6 Å². The first kappa shape index (κ1) is 19.5. The van der Waals surface area contributed by atoms with Crippen molar-refractivity contribution < 1.29 is 9.53 Å². The van der Waals surface area contributed by atoms with E-state index in [2.05, 4.69) is 36.5 Å². The van der Waals surface area contributed by atoms with Crippen molar-refractivity contribution in [3.05, 3.63) is 35.4 Å². The quantitative estimate of drug-likeness (QED) is 0.667. The van der Waals surface area contributed by atoms with Crippen LogP contribution < -0.4 is 5.32 Å². The number of hydrogen-bond donors (Lipinski definition) is 1. The lowest BCUT2D eigenvalue weighted by Crippen LogP contribution is -2.60. The van der Waals surface area contributed by atoms with E-state index in [-0.39, 0.29) is 11.0 Å². The molecule has 3 nitrogen and oxygen atoms in total. The summed E-state index contributed by atoms with van der Waals surface area (Å²) < 4.78 is 6.37. The molecule has 1 heterocycles. The highest BCUT2D eigenvalue weighted by Gasteiger charge is 2.52. The van der Waals surface area contributed by atoms with Gasteiger partial charge in [-0.3, -0.25) is 0 Å². The normalized spacial score (nSPS) is 43.5. The molecule has 1 atom stereocenters. The molecule has 1 spiro atoms. The topological polar surface area (TPSA) is 38.3 Å². The molecular weight excluding hydrogens is 370 g/mol. The standard InChI is InChI=1S/C27H37NO2/c1-25(18-29,17-28-26-13-19-10-20(14-26)12-21(11-19)15-26)23-6-8-27(9-7-23)24-5-3-2-4-22(24)16-30-27/h2-5,18-21,23,28H,6-17H2,1H3. The molecule has 1 unspecified atom stereocenters. The summed E-state index contributed by atoms with van der Waals surface area (Å²) in [6.07, 6.45) is 14.0. The predicted molar refractivity (Wildman–Crippen MR) is 118 cm³/mol. The van der Waals surface area contributed by atoms with Crippen LogP contribution in [0.1, 0.15) is 82.3 Å². The van der Waals surface area contributed by atoms with Crippen LogP contribution in [0.2, 0.25) is 0 Å². The van der Waals surface area contributed by atoms with E-state index in [4.69, 9.17) is 4.74 Å². The van der Waals surface area contributed by atoms with Crippen LogP contribution in [0.4, 0.5) is 0 Å². The lowest BCUT2D eigenvalue weighted by molar-refractivity contribution is -0.124. The van der Waals surface area contributed by atoms with E-state index in [1.54, 1.807) is 0 Å². The van der Waals surface area contributed by atoms with Gasteiger partial charge in [-0.2, -0.15) is 0 Å². The number of ether oxygens (including phenoxy) is 1. The fraction of sp³-hybridized carbons (Fsp3) is 0.741. The average Bonchev–Trinajstić information content (AvgIpc) is 3.10. The highest BCUT2D eigenvalue weighted by atomic mass is 16.5. The molecule has 30 heavy (non-hydrogen) atoms. The highest BCUT2D eigenvalue weighted by molar-refractivity contribution is 5.60. The number of carbonyl (C=O) groups is 1. The summed E-state index contributed by atoms with van der Waals surface area (Å²) in [7, 11) is 0. The summed E-state index contributed by atoms with van der Waals surface area (Å²) in [6.45, 7) is 3.83. The van der Waals surface area contributed by atoms with Gasteiger partial charge in [0.1, 0.15) is 6.29 Å². The molecule has 7 rings (SSSR count). The van der Waals surface area contributed by atoms with E-state index in [0.29, 0.717) is 11.5 Å². The second-order valence-corrected chi connectivity index (χ2v) is 11.9. The summed E-state index contributed by atoms with van der Waals surface area (Å²) in [6, 6.07) is 8.73. The van der Waals surface area contributed by atoms with Crippen molar-refractivity contribution in [1.82, 2.24) is 5.32 Å². The van der Waals surface area contributed by atoms with Crippen LogP contribution in [0.5, 0.6) is 0 Å². The van der Waals surface area contributed by atoms with Crippen molar-refractivity contribution in [2.45, 2.75) is 88.9 Å². The van der Waals surface area contributed by atoms with E-state index in [1.165, 1.54) is 55.9 Å². The van der Waals surface area contributed by atoms with Crippen LogP contribution >= 0.6 is 0 Å². The Balaban J connectivity index is 1.13. The van der Waals surface area contributed by atoms with Gasteiger partial charge in [0.2, 0.25) is 0 Å². The molecule has 1 aromatic carbocycles. The van der Waals surface area contributed by atoms with Gasteiger partial charge in [-0.1, -0.05) is 31.2 Å². The van der Waals surface area contributed by atoms with E-state index >= 15 is 0 Å². The maximum atomic E-state index is 12.4. The monoisotopic (exact) mass is 407 g/mol. The molecule has 5 aliphatic carbocycles. The van der Waals surface area contributed by atoms with Gasteiger partial charge in [0.05, 0.1) is 12.2 Å². The average molecular weight is 408 g/mol. The molecule has 5 saturated carbocycles. The summed E-state index contributed by atoms with van der Waals surface area (Å²) in [5.74, 6) is 3.29. The van der Waals surface area contributed by atoms with Gasteiger partial charge < -0.3 is 14.8 Å². The molecule has 5 fully saturated rings. The molecule has 0 radical (unpaired) electrons. The molecule has 6 aliphatic rings. The smallest absolute Gasteiger partial charge is 0.127 e. The van der Waals surface area contributed by atoms with Gasteiger partial charge in [0.25, 0.3) is 0 Å². The number of nitrogens with one attached hydrogen (secondary N) is 1. The SMILES string of the molecule is CC(C=O)(CNC12CC3CC(CC(C3)C1)C2)C1CCC2(CC1)OCc1ccccc12. The number of carbonyl (C=O) groups excluding carboxylic acids is 1. The second-order valence-electron chi connectivity index (χ2n) is 11.9. The first-order valence-corrected chi connectivity index (χ1v) is 12.5. The van der Waals surface area contributed by atoms with Crippen LogP contribution in [0, 0.1) is 29.1 Å². The molecule has 4 bridgehead atoms. The molecule has 162 valence electrons. The number of benzene rings is 1. The second kappa shape index (κ2) is 6.90. The zero-order chi connectivity index (χ0) is 20.4. The van der Waals surface area contributed by atoms with Crippen molar-refractivity contribution in [1.29, 1.82) is 0 Å². The van der Waals surface area contributed by atoms with E-state index in [9.17, 15) is 4.79 Å². The first-order chi connectivity index (χ1) is 14.5. The van der Waals surface area contributed by atoms with Crippen LogP contribution in [-0.4, -0.2) is 18.4 Å². The Morgan fingerprint density at radius 2 is 1.70 bits per heavy atom. The minimum absolute atomic E-state index is 0.0930. The summed E-state index contributed by atoms with van der Waals surface area (Å²) in [4.78, 5) is 12.4. The molecule has 1 aromatic rings. The van der Waals surface area contributed by atoms with Crippen LogP contribution in [0.25, 0.3) is 0 Å². The Morgan fingerprint density at radius 1 is 1.07 bits per heavy atom. The molecular formula is C27H37NO2. The zero-order valence-electron chi connectivity index (χ0n) is 18.5. The van der Waals surface area contributed by atoms with Gasteiger partial charge in [0.15, 0.2) is 0 Å². The lowest BCUT2D eigenvalue weighted by Gasteiger charge is -2.58. The maximum absolute atomic E-state index is 12.4. The van der Waals surface area contributed by atoms with Crippen molar-refractivity contribution in [2.24, 2.45) is 29.1 Å². The molecule has 0 amide bonds. The Hall–Kier alpha value is -1.19. The van der Waals surface area contributed by atoms with Gasteiger partial charge in [-0.25, -0.2) is 0 Å². The lowest BCUT2D eigenvalue weighted by atomic mass is 9.53. The van der Waals surface area contributed by atoms with Crippen molar-refractivity contribution in [2.75, 3.05) is 6.54 Å². The van der Waals surface area contributed by atoms with Crippen LogP contribution in [0.15, 0.2) is 24.3 Å². The third-order valence-electron chi connectivity index (χ3n) is 9.89. The molecule has 3 heteroatoms. The zero-order valence-corrected chi connectivity index (χ0v) is 18.5. The first-order valence-electron chi connectivity index (χ1n) is 12.5. The van der Waals surface area contributed by atoms with Crippen molar-refractivity contribution in [3.8, 4) is 0 Å². The molecule has 1 aliphatic heterocycles. The van der Waals surface area contributed by atoms with Crippen molar-refractivity contribution >= 4 is 6.29 Å². The third kappa shape index (κ3) is 3.03. The highest BCUT2D eigenvalue weighted by Crippen LogP contribution is 2.56. The summed E-state index contributed by atoms with van der Waals surface area (Å²) in [5.41, 5.74) is 2.75. The third-order valence-corrected chi connectivity index (χ3v) is 9.89. The minimum Gasteiger partial charge on any atom is -0.366 e. The van der Waals surface area contributed by atoms with Gasteiger partial charge in [-0.05, 0) is 99.0 Å². The Bertz CT molecular complexity index is 789. The number of rotatable bonds is 5. The fourth-order valence-electron chi connectivity index (χ4n) is 8.53. The number of aldehydes is 1. The molecule has 0 aromatic heterocycles. The van der Waals surface area contributed by atoms with Gasteiger partial charge in [-0.15, -0.1) is 0 Å². The van der Waals surface area contributed by atoms with Crippen LogP contribution in [0.3, 0.4) is 0 Å². The number of hydrogen-bond acceptors (Lipinski definition) is 3. The Morgan fingerprint density at radius 3 is 2.33 bits per heavy atom. The minimum atomic E-state index is -0.261. The summed E-state index contributed by atoms with van der Waals surface area (Å²) in [5, 5.41) is 4.03. The maximum Gasteiger partial charge on any atom is 0.127 e. The Kier molecular flexibility index (Phi) is 4.49. The molecule has 1 N–H and O–H groups in total. The largest absolute Gasteiger partial charge is 0.366 e. The van der Waals surface area contributed by atoms with E-state index < -0.39 is 0 Å². The van der Waals surface area contributed by atoms with Gasteiger partial charge in [0, 0.05) is 17.5 Å². The fourth-order valence-corrected chi connectivity index (χ4v) is 8.53. The molecule has 0 saturated heterocycles. The van der Waals surface area contributed by atoms with Crippen LogP contribution in [-0.2, 0) is 21.7 Å².